The summed E-state index contributed by atoms with van der Waals surface area (Å²) in [6.45, 7) is 1.25. The summed E-state index contributed by atoms with van der Waals surface area (Å²) in [4.78, 5) is 40.3. The van der Waals surface area contributed by atoms with Crippen molar-refractivity contribution in [3.05, 3.63) is 29.8 Å². The summed E-state index contributed by atoms with van der Waals surface area (Å²) in [7, 11) is 0. The second-order valence-corrected chi connectivity index (χ2v) is 10.5. The van der Waals surface area contributed by atoms with Gasteiger partial charge in [-0.15, -0.1) is 0 Å². The van der Waals surface area contributed by atoms with E-state index in [-0.39, 0.29) is 57.2 Å². The number of nitrogens with zero attached hydrogens (tertiary/aromatic N) is 1. The highest BCUT2D eigenvalue weighted by Crippen LogP contribution is 2.60. The van der Waals surface area contributed by atoms with E-state index in [4.69, 9.17) is 4.74 Å². The first-order chi connectivity index (χ1) is 14.0. The molecule has 8 heteroatoms. The van der Waals surface area contributed by atoms with Crippen LogP contribution in [0.3, 0.4) is 0 Å². The maximum Gasteiger partial charge on any atom is 0.251 e. The highest BCUT2D eigenvalue weighted by Gasteiger charge is 2.66. The standard InChI is InChI=1S/C21H22Br2N2O4/c22-17-13-8-14(18(17)23)16-15(13)20(27)25(21(16)28)11-5-3-10(4-6-11)19(26)24-9-12-2-1-7-29-12/h3-6,12-18H,1-2,7-9H2,(H,24,26)/t12-,13+,14+,15+,16+,17-,18-/m0/s1. The van der Waals surface area contributed by atoms with Crippen LogP contribution in [0.15, 0.2) is 24.3 Å². The van der Waals surface area contributed by atoms with Crippen LogP contribution in [0.1, 0.15) is 29.6 Å². The van der Waals surface area contributed by atoms with Crippen LogP contribution in [0, 0.1) is 23.7 Å². The lowest BCUT2D eigenvalue weighted by Crippen LogP contribution is -2.37. The molecule has 1 aromatic rings. The van der Waals surface area contributed by atoms with Crippen LogP contribution in [-0.4, -0.2) is 46.6 Å². The van der Waals surface area contributed by atoms with Gasteiger partial charge in [0.1, 0.15) is 0 Å². The maximum absolute atomic E-state index is 13.1. The molecule has 2 heterocycles. The SMILES string of the molecule is O=C(NC[C@@H]1CCCO1)c1ccc(N2C(=O)[C@@H]3[C@H]4C[C@@H]([C@H](Br)[C@H]4Br)[C@H]3C2=O)cc1. The van der Waals surface area contributed by atoms with E-state index < -0.39 is 0 Å². The average Bonchev–Trinajstić information content (AvgIpc) is 3.47. The molecule has 5 rings (SSSR count). The highest BCUT2D eigenvalue weighted by molar-refractivity contribution is 9.12. The minimum atomic E-state index is -0.236. The van der Waals surface area contributed by atoms with E-state index in [9.17, 15) is 14.4 Å². The summed E-state index contributed by atoms with van der Waals surface area (Å²) in [6, 6.07) is 6.72. The number of rotatable bonds is 4. The number of alkyl halides is 2. The molecule has 29 heavy (non-hydrogen) atoms. The monoisotopic (exact) mass is 524 g/mol. The zero-order valence-corrected chi connectivity index (χ0v) is 18.9. The first kappa shape index (κ1) is 19.7. The van der Waals surface area contributed by atoms with Gasteiger partial charge in [-0.2, -0.15) is 0 Å². The number of benzene rings is 1. The minimum absolute atomic E-state index is 0.0874. The third-order valence-corrected chi connectivity index (χ3v) is 10.1. The fourth-order valence-corrected chi connectivity index (χ4v) is 7.35. The number of nitrogens with one attached hydrogen (secondary N) is 1. The van der Waals surface area contributed by atoms with E-state index in [2.05, 4.69) is 37.2 Å². The Kier molecular flexibility index (Phi) is 5.07. The number of carbonyl (C=O) groups excluding carboxylic acids is 3. The molecule has 3 amide bonds. The molecule has 1 N–H and O–H groups in total. The van der Waals surface area contributed by atoms with Crippen LogP contribution in [0.4, 0.5) is 5.69 Å². The molecule has 2 aliphatic heterocycles. The normalized spacial score (nSPS) is 38.0. The first-order valence-electron chi connectivity index (χ1n) is 10.1. The summed E-state index contributed by atoms with van der Waals surface area (Å²) in [5.41, 5.74) is 1.05. The maximum atomic E-state index is 13.1. The Balaban J connectivity index is 1.30. The van der Waals surface area contributed by atoms with E-state index >= 15 is 0 Å². The van der Waals surface area contributed by atoms with E-state index in [1.54, 1.807) is 24.3 Å². The molecule has 2 saturated heterocycles. The van der Waals surface area contributed by atoms with Crippen molar-refractivity contribution in [3.63, 3.8) is 0 Å². The minimum Gasteiger partial charge on any atom is -0.376 e. The molecule has 0 unspecified atom stereocenters. The van der Waals surface area contributed by atoms with Crippen molar-refractivity contribution >= 4 is 55.3 Å². The van der Waals surface area contributed by atoms with E-state index in [0.717, 1.165) is 25.9 Å². The van der Waals surface area contributed by atoms with Gasteiger partial charge in [-0.1, -0.05) is 31.9 Å². The number of ether oxygens (including phenoxy) is 1. The quantitative estimate of drug-likeness (QED) is 0.484. The Bertz CT molecular complexity index is 823. The highest BCUT2D eigenvalue weighted by atomic mass is 79.9. The molecule has 6 nitrogen and oxygen atoms in total. The van der Waals surface area contributed by atoms with Crippen LogP contribution < -0.4 is 10.2 Å². The number of carbonyl (C=O) groups is 3. The Morgan fingerprint density at radius 1 is 1.07 bits per heavy atom. The zero-order chi connectivity index (χ0) is 20.3. The lowest BCUT2D eigenvalue weighted by molar-refractivity contribution is -0.123. The van der Waals surface area contributed by atoms with Crippen LogP contribution >= 0.6 is 31.9 Å². The molecule has 4 aliphatic rings. The topological polar surface area (TPSA) is 75.7 Å². The number of hydrogen-bond donors (Lipinski definition) is 1. The third-order valence-electron chi connectivity index (χ3n) is 6.89. The molecule has 154 valence electrons. The van der Waals surface area contributed by atoms with Gasteiger partial charge in [-0.05, 0) is 55.4 Å². The molecule has 0 aromatic heterocycles. The Hall–Kier alpha value is -1.25. The van der Waals surface area contributed by atoms with Gasteiger partial charge in [-0.3, -0.25) is 19.3 Å². The molecular weight excluding hydrogens is 504 g/mol. The fourth-order valence-electron chi connectivity index (χ4n) is 5.48. The summed E-state index contributed by atoms with van der Waals surface area (Å²) >= 11 is 7.41. The van der Waals surface area contributed by atoms with Crippen LogP contribution in [-0.2, 0) is 14.3 Å². The third kappa shape index (κ3) is 3.10. The van der Waals surface area contributed by atoms with Gasteiger partial charge in [0.2, 0.25) is 11.8 Å². The molecule has 7 atom stereocenters. The molecule has 0 radical (unpaired) electrons. The van der Waals surface area contributed by atoms with Crippen molar-refractivity contribution in [2.24, 2.45) is 23.7 Å². The lowest BCUT2D eigenvalue weighted by Gasteiger charge is -2.28. The van der Waals surface area contributed by atoms with E-state index in [1.165, 1.54) is 4.90 Å². The number of hydrogen-bond acceptors (Lipinski definition) is 4. The van der Waals surface area contributed by atoms with Gasteiger partial charge in [0, 0.05) is 28.4 Å². The summed E-state index contributed by atoms with van der Waals surface area (Å²) < 4.78 is 5.52. The first-order valence-corrected chi connectivity index (χ1v) is 12.0. The Labute approximate surface area is 186 Å². The van der Waals surface area contributed by atoms with Gasteiger partial charge in [-0.25, -0.2) is 0 Å². The predicted molar refractivity (Wildman–Crippen MR) is 114 cm³/mol. The van der Waals surface area contributed by atoms with Gasteiger partial charge in [0.25, 0.3) is 5.91 Å². The molecule has 4 fully saturated rings. The fraction of sp³-hybridized carbons (Fsp3) is 0.571. The van der Waals surface area contributed by atoms with Crippen LogP contribution in [0.25, 0.3) is 0 Å². The molecule has 2 saturated carbocycles. The van der Waals surface area contributed by atoms with Gasteiger partial charge in [0.05, 0.1) is 23.6 Å². The van der Waals surface area contributed by atoms with Crippen LogP contribution in [0.5, 0.6) is 0 Å². The van der Waals surface area contributed by atoms with Crippen molar-refractivity contribution in [3.8, 4) is 0 Å². The van der Waals surface area contributed by atoms with E-state index in [0.29, 0.717) is 17.8 Å². The molecule has 0 spiro atoms. The van der Waals surface area contributed by atoms with Crippen LogP contribution in [0.2, 0.25) is 0 Å². The van der Waals surface area contributed by atoms with Gasteiger partial charge >= 0.3 is 0 Å². The summed E-state index contributed by atoms with van der Waals surface area (Å²) in [5, 5.41) is 2.89. The van der Waals surface area contributed by atoms with Crippen molar-refractivity contribution in [1.82, 2.24) is 5.32 Å². The van der Waals surface area contributed by atoms with Crippen molar-refractivity contribution < 1.29 is 19.1 Å². The van der Waals surface area contributed by atoms with Gasteiger partial charge < -0.3 is 10.1 Å². The number of fused-ring (bicyclic) bond motifs is 5. The van der Waals surface area contributed by atoms with E-state index in [1.807, 2.05) is 0 Å². The van der Waals surface area contributed by atoms with Gasteiger partial charge in [0.15, 0.2) is 0 Å². The largest absolute Gasteiger partial charge is 0.376 e. The Morgan fingerprint density at radius 2 is 1.69 bits per heavy atom. The zero-order valence-electron chi connectivity index (χ0n) is 15.7. The number of amides is 3. The Morgan fingerprint density at radius 3 is 2.24 bits per heavy atom. The molecule has 2 aliphatic carbocycles. The van der Waals surface area contributed by atoms with Crippen molar-refractivity contribution in [2.45, 2.75) is 35.0 Å². The summed E-state index contributed by atoms with van der Waals surface area (Å²) in [5.74, 6) is -0.471. The molecular formula is C21H22Br2N2O4. The summed E-state index contributed by atoms with van der Waals surface area (Å²) in [6.07, 6.45) is 3.00. The lowest BCUT2D eigenvalue weighted by atomic mass is 9.81. The second-order valence-electron chi connectivity index (χ2n) is 8.41. The number of halogens is 2. The molecule has 2 bridgehead atoms. The smallest absolute Gasteiger partial charge is 0.251 e. The average molecular weight is 526 g/mol. The number of anilines is 1. The second kappa shape index (κ2) is 7.46. The number of imide groups is 1. The molecule has 1 aromatic carbocycles. The van der Waals surface area contributed by atoms with Crippen molar-refractivity contribution in [1.29, 1.82) is 0 Å². The predicted octanol–water partition coefficient (Wildman–Crippen LogP) is 2.88. The van der Waals surface area contributed by atoms with Crippen molar-refractivity contribution in [2.75, 3.05) is 18.1 Å².